The van der Waals surface area contributed by atoms with Gasteiger partial charge in [0.05, 0.1) is 11.3 Å². The lowest BCUT2D eigenvalue weighted by Crippen LogP contribution is -2.21. The number of benzene rings is 2. The van der Waals surface area contributed by atoms with Crippen LogP contribution in [-0.2, 0) is 6.42 Å². The fourth-order valence-electron chi connectivity index (χ4n) is 3.76. The Kier molecular flexibility index (Phi) is 4.48. The van der Waals surface area contributed by atoms with Crippen molar-refractivity contribution < 1.29 is 4.79 Å². The van der Waals surface area contributed by atoms with Gasteiger partial charge in [-0.2, -0.15) is 0 Å². The van der Waals surface area contributed by atoms with Gasteiger partial charge in [0.25, 0.3) is 0 Å². The van der Waals surface area contributed by atoms with E-state index in [-0.39, 0.29) is 11.7 Å². The number of anilines is 2. The van der Waals surface area contributed by atoms with Crippen LogP contribution in [0.4, 0.5) is 11.6 Å². The minimum absolute atomic E-state index is 0.125. The van der Waals surface area contributed by atoms with Crippen LogP contribution in [0.1, 0.15) is 50.6 Å². The molecule has 4 heteroatoms. The van der Waals surface area contributed by atoms with Crippen molar-refractivity contribution in [3.63, 3.8) is 0 Å². The highest BCUT2D eigenvalue weighted by Gasteiger charge is 2.28. The largest absolute Gasteiger partial charge is 0.324 e. The zero-order valence-electron chi connectivity index (χ0n) is 15.9. The number of nitrogens with one attached hydrogen (secondary N) is 1. The number of nitrogens with zero attached hydrogens (tertiary/aromatic N) is 2. The summed E-state index contributed by atoms with van der Waals surface area (Å²) in [5.41, 5.74) is 7.24. The molecular formula is C23H23N3O. The summed E-state index contributed by atoms with van der Waals surface area (Å²) >= 11 is 0. The molecule has 1 atom stereocenters. The van der Waals surface area contributed by atoms with Gasteiger partial charge >= 0.3 is 0 Å². The molecule has 0 spiro atoms. The SMILES string of the molecule is Cc1ccc([C@H]2CC(=O)c3cnc(Nc4cc(C)cc(C)c4)nc3C2)cc1. The van der Waals surface area contributed by atoms with E-state index in [0.29, 0.717) is 17.9 Å². The highest BCUT2D eigenvalue weighted by Crippen LogP contribution is 2.32. The van der Waals surface area contributed by atoms with Crippen molar-refractivity contribution in [3.05, 3.63) is 82.2 Å². The van der Waals surface area contributed by atoms with Gasteiger partial charge in [-0.1, -0.05) is 35.9 Å². The molecule has 4 rings (SSSR count). The minimum atomic E-state index is 0.125. The topological polar surface area (TPSA) is 54.9 Å². The Balaban J connectivity index is 1.61. The second-order valence-corrected chi connectivity index (χ2v) is 7.49. The number of Topliss-reactive ketones (excluding diaryl/α,β-unsaturated/α-hetero) is 1. The van der Waals surface area contributed by atoms with Gasteiger partial charge in [-0.15, -0.1) is 0 Å². The standard InChI is InChI=1S/C23H23N3O/c1-14-4-6-17(7-5-14)18-11-21-20(22(27)12-18)13-24-23(26-21)25-19-9-15(2)8-16(3)10-19/h4-10,13,18H,11-12H2,1-3H3,(H,24,25,26)/t18-/m1/s1. The highest BCUT2D eigenvalue weighted by molar-refractivity contribution is 5.98. The van der Waals surface area contributed by atoms with Crippen LogP contribution >= 0.6 is 0 Å². The summed E-state index contributed by atoms with van der Waals surface area (Å²) in [6.45, 7) is 6.21. The molecule has 1 N–H and O–H groups in total. The number of aromatic nitrogens is 2. The third-order valence-corrected chi connectivity index (χ3v) is 5.07. The maximum atomic E-state index is 12.6. The molecule has 0 unspecified atom stereocenters. The van der Waals surface area contributed by atoms with E-state index in [0.717, 1.165) is 17.8 Å². The molecule has 2 aromatic carbocycles. The van der Waals surface area contributed by atoms with E-state index < -0.39 is 0 Å². The van der Waals surface area contributed by atoms with Crippen molar-refractivity contribution in [2.24, 2.45) is 0 Å². The average molecular weight is 357 g/mol. The van der Waals surface area contributed by atoms with Gasteiger partial charge in [0, 0.05) is 18.3 Å². The Hall–Kier alpha value is -3.01. The first kappa shape index (κ1) is 17.4. The molecule has 0 radical (unpaired) electrons. The summed E-state index contributed by atoms with van der Waals surface area (Å²) in [5.74, 6) is 0.838. The number of aryl methyl sites for hydroxylation is 3. The lowest BCUT2D eigenvalue weighted by Gasteiger charge is -2.23. The third kappa shape index (κ3) is 3.75. The maximum absolute atomic E-state index is 12.6. The van der Waals surface area contributed by atoms with Crippen LogP contribution in [0.25, 0.3) is 0 Å². The summed E-state index contributed by atoms with van der Waals surface area (Å²) < 4.78 is 0. The lowest BCUT2D eigenvalue weighted by molar-refractivity contribution is 0.0962. The van der Waals surface area contributed by atoms with E-state index >= 15 is 0 Å². The van der Waals surface area contributed by atoms with Gasteiger partial charge in [-0.3, -0.25) is 4.79 Å². The zero-order valence-corrected chi connectivity index (χ0v) is 15.9. The molecule has 0 fully saturated rings. The number of hydrogen-bond acceptors (Lipinski definition) is 4. The number of ketones is 1. The number of carbonyl (C=O) groups is 1. The molecule has 1 aliphatic carbocycles. The zero-order chi connectivity index (χ0) is 19.0. The fraction of sp³-hybridized carbons (Fsp3) is 0.261. The summed E-state index contributed by atoms with van der Waals surface area (Å²) in [6, 6.07) is 14.7. The van der Waals surface area contributed by atoms with Gasteiger partial charge in [-0.25, -0.2) is 9.97 Å². The predicted octanol–water partition coefficient (Wildman–Crippen LogP) is 5.06. The predicted molar refractivity (Wildman–Crippen MR) is 108 cm³/mol. The number of rotatable bonds is 3. The molecule has 0 saturated carbocycles. The average Bonchev–Trinajstić information content (AvgIpc) is 2.61. The van der Waals surface area contributed by atoms with E-state index in [4.69, 9.17) is 0 Å². The fourth-order valence-corrected chi connectivity index (χ4v) is 3.76. The van der Waals surface area contributed by atoms with Crippen molar-refractivity contribution in [3.8, 4) is 0 Å². The maximum Gasteiger partial charge on any atom is 0.227 e. The Morgan fingerprint density at radius 3 is 2.33 bits per heavy atom. The minimum Gasteiger partial charge on any atom is -0.324 e. The first-order valence-electron chi connectivity index (χ1n) is 9.29. The van der Waals surface area contributed by atoms with Crippen LogP contribution in [0, 0.1) is 20.8 Å². The van der Waals surface area contributed by atoms with Crippen molar-refractivity contribution in [2.45, 2.75) is 39.5 Å². The molecule has 3 aromatic rings. The summed E-state index contributed by atoms with van der Waals surface area (Å²) in [7, 11) is 0. The van der Waals surface area contributed by atoms with Crippen LogP contribution in [-0.4, -0.2) is 15.8 Å². The Labute approximate surface area is 159 Å². The molecule has 136 valence electrons. The smallest absolute Gasteiger partial charge is 0.227 e. The van der Waals surface area contributed by atoms with Crippen LogP contribution in [0.3, 0.4) is 0 Å². The van der Waals surface area contributed by atoms with Gasteiger partial charge in [-0.05, 0) is 61.9 Å². The molecule has 0 bridgehead atoms. The second kappa shape index (κ2) is 6.95. The van der Waals surface area contributed by atoms with Crippen LogP contribution < -0.4 is 5.32 Å². The number of hydrogen-bond donors (Lipinski definition) is 1. The number of carbonyl (C=O) groups excluding carboxylic acids is 1. The van der Waals surface area contributed by atoms with Crippen LogP contribution in [0.5, 0.6) is 0 Å². The normalized spacial score (nSPS) is 16.1. The van der Waals surface area contributed by atoms with Crippen LogP contribution in [0.2, 0.25) is 0 Å². The van der Waals surface area contributed by atoms with Gasteiger partial charge < -0.3 is 5.32 Å². The molecule has 1 aliphatic rings. The van der Waals surface area contributed by atoms with Gasteiger partial charge in [0.1, 0.15) is 0 Å². The van der Waals surface area contributed by atoms with Crippen molar-refractivity contribution >= 4 is 17.4 Å². The Morgan fingerprint density at radius 1 is 0.926 bits per heavy atom. The lowest BCUT2D eigenvalue weighted by atomic mass is 9.82. The van der Waals surface area contributed by atoms with Crippen molar-refractivity contribution in [2.75, 3.05) is 5.32 Å². The van der Waals surface area contributed by atoms with Gasteiger partial charge in [0.15, 0.2) is 5.78 Å². The molecule has 1 aromatic heterocycles. The highest BCUT2D eigenvalue weighted by atomic mass is 16.1. The number of fused-ring (bicyclic) bond motifs is 1. The molecule has 0 amide bonds. The van der Waals surface area contributed by atoms with Gasteiger partial charge in [0.2, 0.25) is 5.95 Å². The summed E-state index contributed by atoms with van der Waals surface area (Å²) in [4.78, 5) is 21.6. The Morgan fingerprint density at radius 2 is 1.63 bits per heavy atom. The van der Waals surface area contributed by atoms with E-state index in [1.165, 1.54) is 22.3 Å². The van der Waals surface area contributed by atoms with Crippen molar-refractivity contribution in [1.29, 1.82) is 0 Å². The summed E-state index contributed by atoms with van der Waals surface area (Å²) in [6.07, 6.45) is 2.94. The monoisotopic (exact) mass is 357 g/mol. The summed E-state index contributed by atoms with van der Waals surface area (Å²) in [5, 5.41) is 3.28. The first-order valence-corrected chi connectivity index (χ1v) is 9.29. The first-order chi connectivity index (χ1) is 13.0. The van der Waals surface area contributed by atoms with E-state index in [9.17, 15) is 4.79 Å². The molecule has 27 heavy (non-hydrogen) atoms. The van der Waals surface area contributed by atoms with E-state index in [1.807, 2.05) is 0 Å². The quantitative estimate of drug-likeness (QED) is 0.712. The molecule has 0 aliphatic heterocycles. The van der Waals surface area contributed by atoms with E-state index in [2.05, 4.69) is 78.5 Å². The van der Waals surface area contributed by atoms with Crippen molar-refractivity contribution in [1.82, 2.24) is 9.97 Å². The molecular weight excluding hydrogens is 334 g/mol. The molecule has 4 nitrogen and oxygen atoms in total. The third-order valence-electron chi connectivity index (χ3n) is 5.07. The van der Waals surface area contributed by atoms with E-state index in [1.54, 1.807) is 6.20 Å². The van der Waals surface area contributed by atoms with Crippen LogP contribution in [0.15, 0.2) is 48.7 Å². The second-order valence-electron chi connectivity index (χ2n) is 7.49. The Bertz CT molecular complexity index is 988. The molecule has 0 saturated heterocycles. The molecule has 1 heterocycles.